The molecule has 1 heterocycles. The molecule has 8 nitrogen and oxygen atoms in total. The van der Waals surface area contributed by atoms with Crippen molar-refractivity contribution in [2.45, 2.75) is 70.0 Å². The number of carbonyl (C=O) groups is 2. The number of halogens is 3. The van der Waals surface area contributed by atoms with E-state index in [4.69, 9.17) is 9.90 Å². The highest BCUT2D eigenvalue weighted by atomic mass is 32.2. The monoisotopic (exact) mass is 503 g/mol. The predicted octanol–water partition coefficient (Wildman–Crippen LogP) is 3.40. The zero-order valence-corrected chi connectivity index (χ0v) is 19.5. The van der Waals surface area contributed by atoms with Gasteiger partial charge in [0.1, 0.15) is 0 Å². The Morgan fingerprint density at radius 1 is 1.09 bits per heavy atom. The molecule has 188 valence electrons. The number of rotatable bonds is 4. The van der Waals surface area contributed by atoms with E-state index < -0.39 is 28.2 Å². The Morgan fingerprint density at radius 3 is 2.12 bits per heavy atom. The van der Waals surface area contributed by atoms with Gasteiger partial charge in [-0.1, -0.05) is 12.1 Å². The largest absolute Gasteiger partial charge is 0.490 e. The molecule has 0 radical (unpaired) electrons. The smallest absolute Gasteiger partial charge is 0.475 e. The summed E-state index contributed by atoms with van der Waals surface area (Å²) in [5.74, 6) is -2.76. The van der Waals surface area contributed by atoms with Crippen LogP contribution in [0.5, 0.6) is 0 Å². The van der Waals surface area contributed by atoms with Gasteiger partial charge in [0, 0.05) is 16.6 Å². The molecule has 2 amide bonds. The quantitative estimate of drug-likeness (QED) is 0.499. The van der Waals surface area contributed by atoms with Crippen LogP contribution in [0, 0.1) is 0 Å². The van der Waals surface area contributed by atoms with Crippen LogP contribution >= 0.6 is 0 Å². The van der Waals surface area contributed by atoms with E-state index in [2.05, 4.69) is 21.4 Å². The summed E-state index contributed by atoms with van der Waals surface area (Å²) in [6.45, 7) is 2.84. The zero-order valence-electron chi connectivity index (χ0n) is 18.7. The van der Waals surface area contributed by atoms with E-state index >= 15 is 0 Å². The molecule has 1 aromatic carbocycles. The molecule has 4 N–H and O–H groups in total. The summed E-state index contributed by atoms with van der Waals surface area (Å²) in [7, 11) is -3.84. The van der Waals surface area contributed by atoms with Crippen LogP contribution in [-0.2, 0) is 40.5 Å². The Balaban J connectivity index is 0.000000406. The van der Waals surface area contributed by atoms with Gasteiger partial charge in [-0.25, -0.2) is 22.7 Å². The van der Waals surface area contributed by atoms with Crippen molar-refractivity contribution in [1.82, 2.24) is 10.0 Å². The number of fused-ring (bicyclic) bond motifs is 2. The Labute approximate surface area is 196 Å². The number of aryl methyl sites for hydroxylation is 2. The Kier molecular flexibility index (Phi) is 7.61. The summed E-state index contributed by atoms with van der Waals surface area (Å²) in [5, 5.41) is 14.4. The van der Waals surface area contributed by atoms with E-state index in [0.29, 0.717) is 0 Å². The fourth-order valence-electron chi connectivity index (χ4n) is 4.57. The lowest BCUT2D eigenvalue weighted by Crippen LogP contribution is -2.36. The number of sulfonamides is 1. The highest BCUT2D eigenvalue weighted by molar-refractivity contribution is 7.92. The molecule has 1 aliphatic heterocycles. The minimum Gasteiger partial charge on any atom is -0.475 e. The van der Waals surface area contributed by atoms with Gasteiger partial charge in [0.05, 0.1) is 0 Å². The fourth-order valence-corrected chi connectivity index (χ4v) is 5.43. The summed E-state index contributed by atoms with van der Waals surface area (Å²) in [4.78, 5) is 21.3. The summed E-state index contributed by atoms with van der Waals surface area (Å²) < 4.78 is 58.5. The number of carboxylic acids is 1. The number of anilines is 1. The maximum Gasteiger partial charge on any atom is 0.490 e. The molecule has 0 saturated carbocycles. The van der Waals surface area contributed by atoms with Gasteiger partial charge < -0.3 is 15.7 Å². The number of nitrogens with one attached hydrogen (secondary N) is 3. The minimum absolute atomic E-state index is 0.327. The third-order valence-electron chi connectivity index (χ3n) is 6.21. The van der Waals surface area contributed by atoms with Crippen molar-refractivity contribution < 1.29 is 36.3 Å². The van der Waals surface area contributed by atoms with Gasteiger partial charge in [0.25, 0.3) is 10.0 Å². The van der Waals surface area contributed by atoms with Crippen LogP contribution < -0.4 is 15.4 Å². The van der Waals surface area contributed by atoms with E-state index in [-0.39, 0.29) is 5.54 Å². The molecule has 1 fully saturated rings. The van der Waals surface area contributed by atoms with E-state index in [1.54, 1.807) is 6.08 Å². The first-order valence-electron chi connectivity index (χ1n) is 11.0. The van der Waals surface area contributed by atoms with E-state index in [1.807, 2.05) is 6.92 Å². The van der Waals surface area contributed by atoms with E-state index in [1.165, 1.54) is 22.3 Å². The first-order valence-corrected chi connectivity index (χ1v) is 12.6. The molecule has 3 aliphatic rings. The highest BCUT2D eigenvalue weighted by Gasteiger charge is 2.38. The molecule has 34 heavy (non-hydrogen) atoms. The summed E-state index contributed by atoms with van der Waals surface area (Å²) in [6.07, 6.45) is 4.56. The second-order valence-corrected chi connectivity index (χ2v) is 10.5. The number of hydrogen-bond acceptors (Lipinski definition) is 5. The predicted molar refractivity (Wildman–Crippen MR) is 120 cm³/mol. The fraction of sp³-hybridized carbons (Fsp3) is 0.545. The first-order chi connectivity index (χ1) is 15.8. The summed E-state index contributed by atoms with van der Waals surface area (Å²) in [6, 6.07) is 1.60. The Bertz CT molecular complexity index is 1060. The first kappa shape index (κ1) is 26.0. The standard InChI is InChI=1S/C20H27N3O3S.C2HF3O2/c1-20(9-4-11-21-20)10-12-27(25,26)23-19(24)22-18-16-7-2-5-14(16)13-15-6-3-8-17(15)18;3-2(4,5)1(6)7/h10,12-13,21H,2-9,11H2,1H3,(H2,22,23,24);(H,6,7)/b12-10+;/t20-;/m1./s1. The molecular weight excluding hydrogens is 475 g/mol. The number of urea groups is 1. The lowest BCUT2D eigenvalue weighted by atomic mass is 9.99. The van der Waals surface area contributed by atoms with Crippen molar-refractivity contribution >= 4 is 27.7 Å². The van der Waals surface area contributed by atoms with Crippen LogP contribution in [0.4, 0.5) is 23.7 Å². The topological polar surface area (TPSA) is 125 Å². The molecular formula is C22H28F3N3O5S. The number of carbonyl (C=O) groups excluding carboxylic acids is 1. The molecule has 0 unspecified atom stereocenters. The van der Waals surface area contributed by atoms with Crippen molar-refractivity contribution in [2.75, 3.05) is 11.9 Å². The van der Waals surface area contributed by atoms with Gasteiger partial charge in [-0.05, 0) is 87.1 Å². The van der Waals surface area contributed by atoms with Crippen molar-refractivity contribution in [3.8, 4) is 0 Å². The molecule has 1 aromatic rings. The molecule has 1 atom stereocenters. The zero-order chi connectivity index (χ0) is 25.1. The van der Waals surface area contributed by atoms with Gasteiger partial charge >= 0.3 is 18.2 Å². The van der Waals surface area contributed by atoms with Crippen LogP contribution in [0.25, 0.3) is 0 Å². The van der Waals surface area contributed by atoms with Crippen LogP contribution in [-0.4, -0.2) is 43.8 Å². The molecule has 0 spiro atoms. The lowest BCUT2D eigenvalue weighted by molar-refractivity contribution is -0.192. The third-order valence-corrected chi connectivity index (χ3v) is 7.17. The number of alkyl halides is 3. The van der Waals surface area contributed by atoms with Crippen LogP contribution in [0.3, 0.4) is 0 Å². The van der Waals surface area contributed by atoms with Gasteiger partial charge in [-0.3, -0.25) is 0 Å². The van der Waals surface area contributed by atoms with Gasteiger partial charge in [-0.2, -0.15) is 13.2 Å². The SMILES string of the molecule is C[C@]1(/C=C/S(=O)(=O)NC(=O)Nc2c3c(cc4c2CCC4)CCC3)CCCN1.O=C(O)C(F)(F)F. The maximum absolute atomic E-state index is 12.5. The van der Waals surface area contributed by atoms with Gasteiger partial charge in [0.2, 0.25) is 0 Å². The van der Waals surface area contributed by atoms with Crippen molar-refractivity contribution in [1.29, 1.82) is 0 Å². The maximum atomic E-state index is 12.5. The van der Waals surface area contributed by atoms with Crippen LogP contribution in [0.1, 0.15) is 54.9 Å². The number of amides is 2. The number of aliphatic carboxylic acids is 1. The molecule has 0 aromatic heterocycles. The van der Waals surface area contributed by atoms with E-state index in [9.17, 15) is 26.4 Å². The normalized spacial score (nSPS) is 21.5. The molecule has 4 rings (SSSR count). The molecule has 0 bridgehead atoms. The van der Waals surface area contributed by atoms with Crippen LogP contribution in [0.15, 0.2) is 17.6 Å². The van der Waals surface area contributed by atoms with Crippen LogP contribution in [0.2, 0.25) is 0 Å². The molecule has 2 aliphatic carbocycles. The van der Waals surface area contributed by atoms with Crippen molar-refractivity contribution in [3.05, 3.63) is 39.8 Å². The average molecular weight is 504 g/mol. The van der Waals surface area contributed by atoms with E-state index in [0.717, 1.165) is 69.0 Å². The molecule has 1 saturated heterocycles. The minimum atomic E-state index is -5.08. The summed E-state index contributed by atoms with van der Waals surface area (Å²) >= 11 is 0. The lowest BCUT2D eigenvalue weighted by Gasteiger charge is -2.19. The number of benzene rings is 1. The second kappa shape index (κ2) is 9.95. The second-order valence-electron chi connectivity index (χ2n) is 8.89. The number of carboxylic acid groups (broad SMARTS) is 1. The van der Waals surface area contributed by atoms with Crippen molar-refractivity contribution in [2.24, 2.45) is 0 Å². The Morgan fingerprint density at radius 2 is 1.65 bits per heavy atom. The van der Waals surface area contributed by atoms with Crippen molar-refractivity contribution in [3.63, 3.8) is 0 Å². The highest BCUT2D eigenvalue weighted by Crippen LogP contribution is 2.38. The average Bonchev–Trinajstić information content (AvgIpc) is 3.47. The van der Waals surface area contributed by atoms with Gasteiger partial charge in [-0.15, -0.1) is 0 Å². The Hall–Kier alpha value is -2.60. The summed E-state index contributed by atoms with van der Waals surface area (Å²) in [5.41, 5.74) is 5.48. The third kappa shape index (κ3) is 6.50. The number of hydrogen-bond donors (Lipinski definition) is 4. The van der Waals surface area contributed by atoms with Gasteiger partial charge in [0.15, 0.2) is 0 Å². The molecule has 12 heteroatoms.